The fraction of sp³-hybridized carbons (Fsp3) is 0.600. The first kappa shape index (κ1) is 14.1. The van der Waals surface area contributed by atoms with Gasteiger partial charge in [0.15, 0.2) is 0 Å². The standard InChI is InChI=1S/C10H15N5O2S2/c1-18-9-12-8(19-14-9)13-10(17)15-4-2-3-6(5-15)7(11)16/h6H,2-5H2,1H3,(H2,11,16)(H,12,13,14,17)/t6-/m0/s1. The highest BCUT2D eigenvalue weighted by Gasteiger charge is 2.27. The Hall–Kier alpha value is -1.35. The van der Waals surface area contributed by atoms with Crippen molar-refractivity contribution in [3.05, 3.63) is 0 Å². The Bertz CT molecular complexity index is 478. The number of carbonyl (C=O) groups excluding carboxylic acids is 2. The first-order valence-corrected chi connectivity index (χ1v) is 7.83. The van der Waals surface area contributed by atoms with E-state index in [4.69, 9.17) is 5.73 Å². The molecule has 3 N–H and O–H groups in total. The normalized spacial score (nSPS) is 19.2. The number of hydrogen-bond acceptors (Lipinski definition) is 6. The van der Waals surface area contributed by atoms with Crippen molar-refractivity contribution in [3.63, 3.8) is 0 Å². The molecular weight excluding hydrogens is 286 g/mol. The van der Waals surface area contributed by atoms with E-state index in [0.29, 0.717) is 23.4 Å². The summed E-state index contributed by atoms with van der Waals surface area (Å²) >= 11 is 2.56. The lowest BCUT2D eigenvalue weighted by Gasteiger charge is -2.30. The number of primary amides is 1. The minimum absolute atomic E-state index is 0.254. The van der Waals surface area contributed by atoms with Crippen LogP contribution in [0, 0.1) is 5.92 Å². The van der Waals surface area contributed by atoms with Gasteiger partial charge >= 0.3 is 6.03 Å². The molecule has 1 aromatic heterocycles. The van der Waals surface area contributed by atoms with E-state index in [-0.39, 0.29) is 17.9 Å². The molecule has 7 nitrogen and oxygen atoms in total. The average Bonchev–Trinajstić information content (AvgIpc) is 2.86. The lowest BCUT2D eigenvalue weighted by molar-refractivity contribution is -0.123. The molecule has 1 fully saturated rings. The number of hydrogen-bond donors (Lipinski definition) is 2. The molecule has 19 heavy (non-hydrogen) atoms. The molecule has 0 saturated carbocycles. The molecule has 0 aliphatic carbocycles. The van der Waals surface area contributed by atoms with Gasteiger partial charge in [-0.25, -0.2) is 4.79 Å². The van der Waals surface area contributed by atoms with E-state index in [1.54, 1.807) is 4.90 Å². The number of thioether (sulfide) groups is 1. The zero-order valence-electron chi connectivity index (χ0n) is 10.5. The minimum Gasteiger partial charge on any atom is -0.369 e. The molecule has 2 heterocycles. The maximum Gasteiger partial charge on any atom is 0.323 e. The summed E-state index contributed by atoms with van der Waals surface area (Å²) in [6.07, 6.45) is 3.40. The fourth-order valence-corrected chi connectivity index (χ4v) is 3.02. The molecule has 0 spiro atoms. The third-order valence-corrected chi connectivity index (χ3v) is 4.21. The largest absolute Gasteiger partial charge is 0.369 e. The zero-order valence-corrected chi connectivity index (χ0v) is 12.1. The molecular formula is C10H15N5O2S2. The van der Waals surface area contributed by atoms with Gasteiger partial charge in [0, 0.05) is 24.6 Å². The summed E-state index contributed by atoms with van der Waals surface area (Å²) < 4.78 is 4.06. The molecule has 1 aliphatic rings. The highest BCUT2D eigenvalue weighted by atomic mass is 32.2. The summed E-state index contributed by atoms with van der Waals surface area (Å²) in [6.45, 7) is 0.999. The molecule has 104 valence electrons. The van der Waals surface area contributed by atoms with Gasteiger partial charge in [0.25, 0.3) is 0 Å². The number of nitrogens with one attached hydrogen (secondary N) is 1. The Labute approximate surface area is 119 Å². The van der Waals surface area contributed by atoms with Crippen LogP contribution in [0.2, 0.25) is 0 Å². The monoisotopic (exact) mass is 301 g/mol. The molecule has 0 radical (unpaired) electrons. The Morgan fingerprint density at radius 3 is 3.00 bits per heavy atom. The summed E-state index contributed by atoms with van der Waals surface area (Å²) in [5, 5.41) is 3.79. The summed E-state index contributed by atoms with van der Waals surface area (Å²) in [5.74, 6) is -0.603. The fourth-order valence-electron chi connectivity index (χ4n) is 1.91. The molecule has 0 unspecified atom stereocenters. The number of nitrogens with zero attached hydrogens (tertiary/aromatic N) is 3. The van der Waals surface area contributed by atoms with E-state index in [2.05, 4.69) is 14.7 Å². The van der Waals surface area contributed by atoms with Crippen molar-refractivity contribution in [1.29, 1.82) is 0 Å². The predicted octanol–water partition coefficient (Wildman–Crippen LogP) is 0.989. The van der Waals surface area contributed by atoms with Crippen molar-refractivity contribution in [2.75, 3.05) is 24.7 Å². The van der Waals surface area contributed by atoms with Crippen molar-refractivity contribution in [1.82, 2.24) is 14.3 Å². The van der Waals surface area contributed by atoms with Crippen LogP contribution in [0.3, 0.4) is 0 Å². The first-order valence-electron chi connectivity index (χ1n) is 5.83. The van der Waals surface area contributed by atoms with Crippen LogP contribution in [-0.2, 0) is 4.79 Å². The molecule has 1 atom stereocenters. The molecule has 1 saturated heterocycles. The van der Waals surface area contributed by atoms with Crippen LogP contribution in [0.15, 0.2) is 5.16 Å². The summed E-state index contributed by atoms with van der Waals surface area (Å²) in [6, 6.07) is -0.255. The summed E-state index contributed by atoms with van der Waals surface area (Å²) in [5.41, 5.74) is 5.28. The van der Waals surface area contributed by atoms with E-state index in [0.717, 1.165) is 24.4 Å². The lowest BCUT2D eigenvalue weighted by atomic mass is 9.98. The molecule has 9 heteroatoms. The second-order valence-electron chi connectivity index (χ2n) is 4.20. The van der Waals surface area contributed by atoms with Crippen molar-refractivity contribution in [2.45, 2.75) is 18.0 Å². The Morgan fingerprint density at radius 2 is 2.37 bits per heavy atom. The van der Waals surface area contributed by atoms with Crippen molar-refractivity contribution in [2.24, 2.45) is 11.7 Å². The van der Waals surface area contributed by atoms with E-state index in [1.807, 2.05) is 6.26 Å². The van der Waals surface area contributed by atoms with Crippen molar-refractivity contribution in [3.8, 4) is 0 Å². The Morgan fingerprint density at radius 1 is 1.58 bits per heavy atom. The van der Waals surface area contributed by atoms with Crippen LogP contribution in [0.1, 0.15) is 12.8 Å². The highest BCUT2D eigenvalue weighted by Crippen LogP contribution is 2.20. The van der Waals surface area contributed by atoms with Gasteiger partial charge in [0.05, 0.1) is 5.92 Å². The molecule has 1 aliphatic heterocycles. The van der Waals surface area contributed by atoms with Crippen molar-refractivity contribution < 1.29 is 9.59 Å². The predicted molar refractivity (Wildman–Crippen MR) is 74.2 cm³/mol. The van der Waals surface area contributed by atoms with Gasteiger partial charge in [-0.3, -0.25) is 10.1 Å². The second kappa shape index (κ2) is 6.20. The maximum absolute atomic E-state index is 12.0. The number of amides is 3. The third kappa shape index (κ3) is 3.57. The van der Waals surface area contributed by atoms with E-state index in [9.17, 15) is 9.59 Å². The SMILES string of the molecule is CSc1nsc(NC(=O)N2CCC[C@H](C(N)=O)C2)n1. The van der Waals surface area contributed by atoms with Gasteiger partial charge in [-0.15, -0.1) is 0 Å². The second-order valence-corrected chi connectivity index (χ2v) is 5.73. The van der Waals surface area contributed by atoms with Gasteiger partial charge in [-0.1, -0.05) is 11.8 Å². The minimum atomic E-state index is -0.349. The Balaban J connectivity index is 1.93. The van der Waals surface area contributed by atoms with E-state index in [1.165, 1.54) is 11.8 Å². The molecule has 0 aromatic carbocycles. The smallest absolute Gasteiger partial charge is 0.323 e. The topological polar surface area (TPSA) is 101 Å². The maximum atomic E-state index is 12.0. The highest BCUT2D eigenvalue weighted by molar-refractivity contribution is 7.98. The van der Waals surface area contributed by atoms with Gasteiger partial charge in [-0.2, -0.15) is 9.36 Å². The van der Waals surface area contributed by atoms with Gasteiger partial charge in [0.1, 0.15) is 0 Å². The van der Waals surface area contributed by atoms with Crippen LogP contribution in [0.5, 0.6) is 0 Å². The van der Waals surface area contributed by atoms with Crippen LogP contribution in [-0.4, -0.2) is 45.5 Å². The van der Waals surface area contributed by atoms with Gasteiger partial charge in [0.2, 0.25) is 16.2 Å². The number of likely N-dealkylation sites (tertiary alicyclic amines) is 1. The van der Waals surface area contributed by atoms with Gasteiger partial charge in [-0.05, 0) is 19.1 Å². The van der Waals surface area contributed by atoms with E-state index >= 15 is 0 Å². The van der Waals surface area contributed by atoms with Crippen LogP contribution in [0.25, 0.3) is 0 Å². The average molecular weight is 301 g/mol. The molecule has 3 amide bonds. The first-order chi connectivity index (χ1) is 9.10. The lowest BCUT2D eigenvalue weighted by Crippen LogP contribution is -2.45. The van der Waals surface area contributed by atoms with E-state index < -0.39 is 0 Å². The van der Waals surface area contributed by atoms with Crippen molar-refractivity contribution >= 4 is 40.4 Å². The van der Waals surface area contributed by atoms with Crippen LogP contribution in [0.4, 0.5) is 9.93 Å². The van der Waals surface area contributed by atoms with Crippen LogP contribution >= 0.6 is 23.3 Å². The number of rotatable bonds is 3. The number of urea groups is 1. The quantitative estimate of drug-likeness (QED) is 0.811. The third-order valence-electron chi connectivity index (χ3n) is 2.91. The number of aromatic nitrogens is 2. The zero-order chi connectivity index (χ0) is 13.8. The number of piperidine rings is 1. The van der Waals surface area contributed by atoms with Gasteiger partial charge < -0.3 is 10.6 Å². The summed E-state index contributed by atoms with van der Waals surface area (Å²) in [7, 11) is 0. The molecule has 0 bridgehead atoms. The number of anilines is 1. The summed E-state index contributed by atoms with van der Waals surface area (Å²) in [4.78, 5) is 28.9. The molecule has 1 aromatic rings. The number of nitrogens with two attached hydrogens (primary N) is 1. The number of carbonyl (C=O) groups is 2. The molecule has 2 rings (SSSR count). The Kier molecular flexibility index (Phi) is 4.59. The van der Waals surface area contributed by atoms with Crippen LogP contribution < -0.4 is 11.1 Å².